The van der Waals surface area contributed by atoms with E-state index in [1.54, 1.807) is 0 Å². The minimum atomic E-state index is -0.383. The Kier molecular flexibility index (Phi) is 8.22. The van der Waals surface area contributed by atoms with Crippen molar-refractivity contribution in [2.45, 2.75) is 89.9 Å². The molecule has 1 N–H and O–H groups in total. The highest BCUT2D eigenvalue weighted by atomic mass is 16.7. The fourth-order valence-electron chi connectivity index (χ4n) is 5.47. The molecule has 1 aliphatic heterocycles. The fourth-order valence-corrected chi connectivity index (χ4v) is 5.47. The number of hydrogen-bond donors (Lipinski definition) is 1. The monoisotopic (exact) mass is 393 g/mol. The van der Waals surface area contributed by atoms with E-state index < -0.39 is 0 Å². The van der Waals surface area contributed by atoms with Crippen LogP contribution in [-0.2, 0) is 14.3 Å². The minimum Gasteiger partial charge on any atom is -0.459 e. The molecule has 2 fully saturated rings. The predicted molar refractivity (Wildman–Crippen MR) is 109 cm³/mol. The number of allylic oxidation sites excluding steroid dienone is 1. The first-order valence-corrected chi connectivity index (χ1v) is 11.5. The number of likely N-dealkylation sites (N-methyl/N-ethyl adjacent to an activating group) is 1. The van der Waals surface area contributed by atoms with Crippen LogP contribution in [0.4, 0.5) is 0 Å². The molecule has 0 saturated heterocycles. The van der Waals surface area contributed by atoms with Crippen LogP contribution in [0.1, 0.15) is 77.6 Å². The van der Waals surface area contributed by atoms with Crippen LogP contribution in [0.15, 0.2) is 11.8 Å². The lowest BCUT2D eigenvalue weighted by molar-refractivity contribution is -0.179. The van der Waals surface area contributed by atoms with Gasteiger partial charge >= 0.3 is 0 Å². The largest absolute Gasteiger partial charge is 0.459 e. The van der Waals surface area contributed by atoms with Crippen molar-refractivity contribution in [1.82, 2.24) is 4.90 Å². The predicted octanol–water partition coefficient (Wildman–Crippen LogP) is 4.25. The number of aliphatic hydroxyl groups excluding tert-OH is 1. The zero-order valence-corrected chi connectivity index (χ0v) is 17.8. The molecule has 5 nitrogen and oxygen atoms in total. The first kappa shape index (κ1) is 21.6. The van der Waals surface area contributed by atoms with Crippen LogP contribution in [0, 0.1) is 17.8 Å². The van der Waals surface area contributed by atoms with Gasteiger partial charge in [0.15, 0.2) is 5.76 Å². The molecule has 0 bridgehead atoms. The molecule has 1 heterocycles. The third-order valence-corrected chi connectivity index (χ3v) is 7.06. The summed E-state index contributed by atoms with van der Waals surface area (Å²) in [5.74, 6) is 1.62. The Morgan fingerprint density at radius 3 is 2.50 bits per heavy atom. The summed E-state index contributed by atoms with van der Waals surface area (Å²) in [5, 5.41) is 9.36. The maximum absolute atomic E-state index is 13.3. The molecule has 2 saturated carbocycles. The number of ether oxygens (including phenoxy) is 2. The molecular formula is C23H39NO4. The normalized spacial score (nSPS) is 29.4. The smallest absolute Gasteiger partial charge is 0.288 e. The molecule has 0 radical (unpaired) electrons. The highest BCUT2D eigenvalue weighted by molar-refractivity contribution is 5.91. The van der Waals surface area contributed by atoms with E-state index in [0.29, 0.717) is 30.2 Å². The van der Waals surface area contributed by atoms with Crippen molar-refractivity contribution < 1.29 is 19.4 Å². The number of rotatable bonds is 8. The summed E-state index contributed by atoms with van der Waals surface area (Å²) in [6, 6.07) is 0.327. The summed E-state index contributed by atoms with van der Waals surface area (Å²) in [6.45, 7) is 2.73. The second kappa shape index (κ2) is 10.6. The molecular weight excluding hydrogens is 354 g/mol. The molecule has 0 spiro atoms. The number of amides is 1. The van der Waals surface area contributed by atoms with E-state index in [4.69, 9.17) is 9.47 Å². The number of hydrogen-bond acceptors (Lipinski definition) is 4. The lowest BCUT2D eigenvalue weighted by Crippen LogP contribution is -2.44. The van der Waals surface area contributed by atoms with Crippen LogP contribution < -0.4 is 0 Å². The molecule has 3 atom stereocenters. The zero-order chi connectivity index (χ0) is 19.9. The van der Waals surface area contributed by atoms with E-state index in [-0.39, 0.29) is 24.7 Å². The number of aliphatic hydroxyl groups is 1. The highest BCUT2D eigenvalue weighted by Gasteiger charge is 2.42. The van der Waals surface area contributed by atoms with E-state index in [9.17, 15) is 9.90 Å². The summed E-state index contributed by atoms with van der Waals surface area (Å²) in [4.78, 5) is 15.2. The second-order valence-corrected chi connectivity index (χ2v) is 8.83. The fraction of sp³-hybridized carbons (Fsp3) is 0.870. The number of carbonyl (C=O) groups excluding carboxylic acids is 1. The first-order valence-electron chi connectivity index (χ1n) is 11.5. The molecule has 5 heteroatoms. The average molecular weight is 394 g/mol. The molecule has 0 aromatic heterocycles. The van der Waals surface area contributed by atoms with Gasteiger partial charge in [-0.1, -0.05) is 32.1 Å². The van der Waals surface area contributed by atoms with Crippen molar-refractivity contribution in [2.24, 2.45) is 17.8 Å². The molecule has 3 rings (SSSR count). The summed E-state index contributed by atoms with van der Waals surface area (Å²) < 4.78 is 12.1. The lowest BCUT2D eigenvalue weighted by Gasteiger charge is -2.40. The average Bonchev–Trinajstić information content (AvgIpc) is 3.27. The molecule has 0 unspecified atom stereocenters. The van der Waals surface area contributed by atoms with Crippen molar-refractivity contribution in [3.05, 3.63) is 11.8 Å². The van der Waals surface area contributed by atoms with Gasteiger partial charge in [0, 0.05) is 32.2 Å². The van der Waals surface area contributed by atoms with Crippen LogP contribution >= 0.6 is 0 Å². The number of carbonyl (C=O) groups is 1. The molecule has 0 aromatic carbocycles. The van der Waals surface area contributed by atoms with Gasteiger partial charge in [0.2, 0.25) is 6.29 Å². The molecule has 28 heavy (non-hydrogen) atoms. The summed E-state index contributed by atoms with van der Waals surface area (Å²) in [5.41, 5.74) is 0. The van der Waals surface area contributed by atoms with E-state index in [2.05, 4.69) is 6.08 Å². The molecule has 2 aliphatic carbocycles. The summed E-state index contributed by atoms with van der Waals surface area (Å²) in [6.07, 6.45) is 14.2. The molecule has 3 aliphatic rings. The van der Waals surface area contributed by atoms with Gasteiger partial charge in [-0.05, 0) is 63.4 Å². The zero-order valence-electron chi connectivity index (χ0n) is 17.8. The first-order chi connectivity index (χ1) is 13.7. The third kappa shape index (κ3) is 5.10. The van der Waals surface area contributed by atoms with Crippen LogP contribution in [0.25, 0.3) is 0 Å². The van der Waals surface area contributed by atoms with Gasteiger partial charge in [-0.3, -0.25) is 4.79 Å². The molecule has 160 valence electrons. The van der Waals surface area contributed by atoms with E-state index in [1.165, 1.54) is 44.9 Å². The quantitative estimate of drug-likeness (QED) is 0.670. The Morgan fingerprint density at radius 1 is 1.18 bits per heavy atom. The Labute approximate surface area is 170 Å². The van der Waals surface area contributed by atoms with Crippen molar-refractivity contribution >= 4 is 5.91 Å². The van der Waals surface area contributed by atoms with Gasteiger partial charge in [-0.25, -0.2) is 0 Å². The van der Waals surface area contributed by atoms with Crippen molar-refractivity contribution in [3.63, 3.8) is 0 Å². The van der Waals surface area contributed by atoms with Gasteiger partial charge in [-0.2, -0.15) is 0 Å². The van der Waals surface area contributed by atoms with Crippen molar-refractivity contribution in [1.29, 1.82) is 0 Å². The molecule has 0 aromatic rings. The van der Waals surface area contributed by atoms with E-state index in [1.807, 2.05) is 18.9 Å². The standard InChI is InChI=1S/C23H39NO4/c1-3-27-23-19(14-9-15-25)20(17-10-7-8-11-17)16-21(28-23)22(26)24(2)18-12-5-4-6-13-18/h16-20,23,25H,3-15H2,1-2H3/t19-,20-,23-/m1/s1. The van der Waals surface area contributed by atoms with Crippen LogP contribution in [0.3, 0.4) is 0 Å². The lowest BCUT2D eigenvalue weighted by atomic mass is 9.76. The minimum absolute atomic E-state index is 0.0141. The van der Waals surface area contributed by atoms with Crippen LogP contribution in [0.5, 0.6) is 0 Å². The maximum atomic E-state index is 13.3. The second-order valence-electron chi connectivity index (χ2n) is 8.83. The van der Waals surface area contributed by atoms with Gasteiger partial charge in [-0.15, -0.1) is 0 Å². The van der Waals surface area contributed by atoms with Gasteiger partial charge in [0.1, 0.15) is 0 Å². The van der Waals surface area contributed by atoms with Crippen molar-refractivity contribution in [2.75, 3.05) is 20.3 Å². The maximum Gasteiger partial charge on any atom is 0.288 e. The molecule has 1 amide bonds. The van der Waals surface area contributed by atoms with Crippen LogP contribution in [-0.4, -0.2) is 48.5 Å². The van der Waals surface area contributed by atoms with E-state index in [0.717, 1.165) is 25.7 Å². The third-order valence-electron chi connectivity index (χ3n) is 7.06. The highest BCUT2D eigenvalue weighted by Crippen LogP contribution is 2.43. The number of nitrogens with zero attached hydrogens (tertiary/aromatic N) is 1. The van der Waals surface area contributed by atoms with Gasteiger partial charge < -0.3 is 19.5 Å². The van der Waals surface area contributed by atoms with Gasteiger partial charge in [0.05, 0.1) is 0 Å². The Bertz CT molecular complexity index is 523. The van der Waals surface area contributed by atoms with Crippen LogP contribution in [0.2, 0.25) is 0 Å². The van der Waals surface area contributed by atoms with Gasteiger partial charge in [0.25, 0.3) is 5.91 Å². The summed E-state index contributed by atoms with van der Waals surface area (Å²) >= 11 is 0. The van der Waals surface area contributed by atoms with Crippen molar-refractivity contribution in [3.8, 4) is 0 Å². The Morgan fingerprint density at radius 2 is 1.86 bits per heavy atom. The summed E-state index contributed by atoms with van der Waals surface area (Å²) in [7, 11) is 1.93. The SMILES string of the molecule is CCO[C@@H]1OC(C(=O)N(C)C2CCCCC2)=C[C@H](C2CCCC2)[C@H]1CCCO. The topological polar surface area (TPSA) is 59.0 Å². The Balaban J connectivity index is 1.80. The Hall–Kier alpha value is -1.07. The van der Waals surface area contributed by atoms with E-state index >= 15 is 0 Å².